The van der Waals surface area contributed by atoms with Gasteiger partial charge in [-0.3, -0.25) is 4.79 Å². The van der Waals surface area contributed by atoms with Gasteiger partial charge >= 0.3 is 0 Å². The average molecular weight is 316 g/mol. The highest BCUT2D eigenvalue weighted by atomic mass is 16.1. The van der Waals surface area contributed by atoms with Crippen LogP contribution in [0.15, 0.2) is 24.4 Å². The average Bonchev–Trinajstić information content (AvgIpc) is 3.40. The van der Waals surface area contributed by atoms with Crippen molar-refractivity contribution in [3.63, 3.8) is 0 Å². The Bertz CT molecular complexity index is 513. The van der Waals surface area contributed by atoms with Gasteiger partial charge in [-0.15, -0.1) is 0 Å². The summed E-state index contributed by atoms with van der Waals surface area (Å²) >= 11 is 0. The summed E-state index contributed by atoms with van der Waals surface area (Å²) in [5, 5.41) is 3.20. The molecule has 0 aromatic carbocycles. The van der Waals surface area contributed by atoms with Crippen LogP contribution in [0.25, 0.3) is 0 Å². The van der Waals surface area contributed by atoms with Gasteiger partial charge in [-0.25, -0.2) is 4.98 Å². The van der Waals surface area contributed by atoms with E-state index in [4.69, 9.17) is 0 Å². The second kappa shape index (κ2) is 7.30. The summed E-state index contributed by atoms with van der Waals surface area (Å²) in [4.78, 5) is 21.5. The van der Waals surface area contributed by atoms with Crippen molar-refractivity contribution in [3.05, 3.63) is 24.4 Å². The molecule has 126 valence electrons. The third-order valence-corrected chi connectivity index (χ3v) is 5.08. The summed E-state index contributed by atoms with van der Waals surface area (Å²) in [5.41, 5.74) is 0. The molecule has 1 aliphatic heterocycles. The first-order valence-electron chi connectivity index (χ1n) is 8.75. The fourth-order valence-corrected chi connectivity index (χ4v) is 3.54. The number of hydrogen-bond donors (Lipinski definition) is 1. The Morgan fingerprint density at radius 3 is 2.87 bits per heavy atom. The summed E-state index contributed by atoms with van der Waals surface area (Å²) in [5.74, 6) is 2.03. The quantitative estimate of drug-likeness (QED) is 0.869. The number of pyridine rings is 1. The third kappa shape index (κ3) is 4.22. The molecule has 1 aromatic rings. The van der Waals surface area contributed by atoms with Crippen LogP contribution >= 0.6 is 0 Å². The molecule has 1 aliphatic carbocycles. The molecular weight excluding hydrogens is 288 g/mol. The zero-order valence-electron chi connectivity index (χ0n) is 14.2. The summed E-state index contributed by atoms with van der Waals surface area (Å²) in [7, 11) is 4.22. The van der Waals surface area contributed by atoms with Gasteiger partial charge in [0.05, 0.1) is 5.92 Å². The van der Waals surface area contributed by atoms with Crippen LogP contribution in [0.2, 0.25) is 0 Å². The number of aromatic nitrogens is 1. The minimum absolute atomic E-state index is 0.0766. The van der Waals surface area contributed by atoms with Crippen molar-refractivity contribution in [1.82, 2.24) is 15.2 Å². The summed E-state index contributed by atoms with van der Waals surface area (Å²) in [6.45, 7) is 2.54. The normalized spacial score (nSPS) is 22.9. The summed E-state index contributed by atoms with van der Waals surface area (Å²) in [6.07, 6.45) is 6.45. The van der Waals surface area contributed by atoms with E-state index in [9.17, 15) is 4.79 Å². The molecule has 1 saturated carbocycles. The summed E-state index contributed by atoms with van der Waals surface area (Å²) in [6, 6.07) is 6.44. The lowest BCUT2D eigenvalue weighted by Crippen LogP contribution is -2.47. The number of anilines is 1. The van der Waals surface area contributed by atoms with Crippen LogP contribution in [0, 0.1) is 11.8 Å². The zero-order valence-corrected chi connectivity index (χ0v) is 14.2. The van der Waals surface area contributed by atoms with E-state index in [1.807, 2.05) is 24.4 Å². The molecule has 5 nitrogen and oxygen atoms in total. The highest BCUT2D eigenvalue weighted by Crippen LogP contribution is 2.34. The van der Waals surface area contributed by atoms with E-state index < -0.39 is 0 Å². The highest BCUT2D eigenvalue weighted by Gasteiger charge is 2.33. The van der Waals surface area contributed by atoms with E-state index in [1.54, 1.807) is 0 Å². The third-order valence-electron chi connectivity index (χ3n) is 5.08. The van der Waals surface area contributed by atoms with E-state index in [-0.39, 0.29) is 11.8 Å². The van der Waals surface area contributed by atoms with Crippen molar-refractivity contribution in [2.45, 2.75) is 31.7 Å². The van der Waals surface area contributed by atoms with E-state index in [2.05, 4.69) is 34.2 Å². The molecule has 0 radical (unpaired) electrons. The van der Waals surface area contributed by atoms with Crippen LogP contribution in [-0.2, 0) is 4.79 Å². The molecular formula is C18H28N4O. The Hall–Kier alpha value is -1.62. The number of hydrogen-bond acceptors (Lipinski definition) is 4. The number of nitrogens with one attached hydrogen (secondary N) is 1. The monoisotopic (exact) mass is 316 g/mol. The standard InChI is InChI=1S/C18H28N4O/c1-21(2)16(14-8-9-14)12-20-18(23)15-6-5-11-22(13-15)17-7-3-4-10-19-17/h3-4,7,10,14-16H,5-6,8-9,11-13H2,1-2H3,(H,20,23)/t15-,16-/m0/s1. The van der Waals surface area contributed by atoms with Gasteiger partial charge in [0.25, 0.3) is 0 Å². The molecule has 2 fully saturated rings. The lowest BCUT2D eigenvalue weighted by Gasteiger charge is -2.33. The van der Waals surface area contributed by atoms with Crippen LogP contribution in [0.3, 0.4) is 0 Å². The predicted molar refractivity (Wildman–Crippen MR) is 92.4 cm³/mol. The smallest absolute Gasteiger partial charge is 0.224 e. The Morgan fingerprint density at radius 2 is 2.22 bits per heavy atom. The maximum Gasteiger partial charge on any atom is 0.224 e. The first kappa shape index (κ1) is 16.2. The van der Waals surface area contributed by atoms with Crippen LogP contribution in [-0.4, -0.2) is 55.6 Å². The highest BCUT2D eigenvalue weighted by molar-refractivity contribution is 5.79. The number of piperidine rings is 1. The maximum atomic E-state index is 12.6. The molecule has 0 unspecified atom stereocenters. The number of rotatable bonds is 6. The van der Waals surface area contributed by atoms with E-state index in [1.165, 1.54) is 12.8 Å². The minimum atomic E-state index is 0.0766. The SMILES string of the molecule is CN(C)[C@@H](CNC(=O)[C@H]1CCCN(c2ccccn2)C1)C1CC1. The molecule has 3 rings (SSSR count). The lowest BCUT2D eigenvalue weighted by atomic mass is 9.97. The van der Waals surface area contributed by atoms with Gasteiger partial charge in [-0.2, -0.15) is 0 Å². The van der Waals surface area contributed by atoms with Crippen molar-refractivity contribution < 1.29 is 4.79 Å². The topological polar surface area (TPSA) is 48.5 Å². The fourth-order valence-electron chi connectivity index (χ4n) is 3.54. The van der Waals surface area contributed by atoms with Crippen molar-refractivity contribution in [3.8, 4) is 0 Å². The molecule has 0 bridgehead atoms. The molecule has 23 heavy (non-hydrogen) atoms. The molecule has 1 aromatic heterocycles. The fraction of sp³-hybridized carbons (Fsp3) is 0.667. The number of carbonyl (C=O) groups is 1. The molecule has 1 amide bonds. The largest absolute Gasteiger partial charge is 0.356 e. The Balaban J connectivity index is 1.52. The maximum absolute atomic E-state index is 12.6. The van der Waals surface area contributed by atoms with E-state index >= 15 is 0 Å². The van der Waals surface area contributed by atoms with Crippen molar-refractivity contribution >= 4 is 11.7 Å². The molecule has 2 heterocycles. The zero-order chi connectivity index (χ0) is 16.2. The summed E-state index contributed by atoms with van der Waals surface area (Å²) < 4.78 is 0. The van der Waals surface area contributed by atoms with Gasteiger partial charge in [-0.1, -0.05) is 6.07 Å². The molecule has 5 heteroatoms. The van der Waals surface area contributed by atoms with Crippen molar-refractivity contribution in [1.29, 1.82) is 0 Å². The minimum Gasteiger partial charge on any atom is -0.356 e. The number of nitrogens with zero attached hydrogens (tertiary/aromatic N) is 3. The van der Waals surface area contributed by atoms with Crippen molar-refractivity contribution in [2.75, 3.05) is 38.6 Å². The van der Waals surface area contributed by atoms with Crippen LogP contribution < -0.4 is 10.2 Å². The van der Waals surface area contributed by atoms with Gasteiger partial charge in [-0.05, 0) is 57.8 Å². The molecule has 1 N–H and O–H groups in total. The molecule has 2 atom stereocenters. The number of likely N-dealkylation sites (N-methyl/N-ethyl adjacent to an activating group) is 1. The first-order valence-corrected chi connectivity index (χ1v) is 8.75. The van der Waals surface area contributed by atoms with Gasteiger partial charge < -0.3 is 15.1 Å². The molecule has 2 aliphatic rings. The number of carbonyl (C=O) groups excluding carboxylic acids is 1. The van der Waals surface area contributed by atoms with Crippen LogP contribution in [0.5, 0.6) is 0 Å². The van der Waals surface area contributed by atoms with Gasteiger partial charge in [0.2, 0.25) is 5.91 Å². The van der Waals surface area contributed by atoms with Gasteiger partial charge in [0.1, 0.15) is 5.82 Å². The molecule has 1 saturated heterocycles. The number of amides is 1. The Morgan fingerprint density at radius 1 is 1.39 bits per heavy atom. The van der Waals surface area contributed by atoms with Crippen LogP contribution in [0.1, 0.15) is 25.7 Å². The Labute approximate surface area is 139 Å². The first-order chi connectivity index (χ1) is 11.1. The van der Waals surface area contributed by atoms with Crippen LogP contribution in [0.4, 0.5) is 5.82 Å². The van der Waals surface area contributed by atoms with E-state index in [0.717, 1.165) is 44.2 Å². The van der Waals surface area contributed by atoms with Gasteiger partial charge in [0, 0.05) is 31.9 Å². The second-order valence-electron chi connectivity index (χ2n) is 7.09. The lowest BCUT2D eigenvalue weighted by molar-refractivity contribution is -0.125. The molecule has 0 spiro atoms. The van der Waals surface area contributed by atoms with Gasteiger partial charge in [0.15, 0.2) is 0 Å². The second-order valence-corrected chi connectivity index (χ2v) is 7.09. The Kier molecular flexibility index (Phi) is 5.16. The van der Waals surface area contributed by atoms with Crippen molar-refractivity contribution in [2.24, 2.45) is 11.8 Å². The van der Waals surface area contributed by atoms with E-state index in [0.29, 0.717) is 6.04 Å². The predicted octanol–water partition coefficient (Wildman–Crippen LogP) is 1.75.